The fraction of sp³-hybridized carbons (Fsp3) is 0.750. The standard InChI is InChI=1S/C12H21NO2/c1-10(2)13(9-12(14)15-3)11-7-5-4-6-8-11/h5,7,10-11H,4,6,8-9H2,1-3H3. The molecule has 3 nitrogen and oxygen atoms in total. The molecule has 0 bridgehead atoms. The Balaban J connectivity index is 2.60. The van der Waals surface area contributed by atoms with Gasteiger partial charge in [0.2, 0.25) is 0 Å². The Morgan fingerprint density at radius 2 is 2.33 bits per heavy atom. The SMILES string of the molecule is COC(=O)CN(C(C)C)C1C=CCCC1. The monoisotopic (exact) mass is 211 g/mol. The van der Waals surface area contributed by atoms with E-state index < -0.39 is 0 Å². The van der Waals surface area contributed by atoms with Crippen LogP contribution in [0.4, 0.5) is 0 Å². The minimum absolute atomic E-state index is 0.150. The fourth-order valence-corrected chi connectivity index (χ4v) is 1.97. The molecule has 0 aromatic carbocycles. The molecule has 0 N–H and O–H groups in total. The normalized spacial score (nSPS) is 21.0. The van der Waals surface area contributed by atoms with E-state index >= 15 is 0 Å². The summed E-state index contributed by atoms with van der Waals surface area (Å²) in [5.41, 5.74) is 0. The molecule has 0 aromatic heterocycles. The first-order valence-corrected chi connectivity index (χ1v) is 5.64. The van der Waals surface area contributed by atoms with Gasteiger partial charge in [0.15, 0.2) is 0 Å². The fourth-order valence-electron chi connectivity index (χ4n) is 1.97. The van der Waals surface area contributed by atoms with Crippen LogP contribution in [-0.4, -0.2) is 36.6 Å². The van der Waals surface area contributed by atoms with Crippen LogP contribution in [0.25, 0.3) is 0 Å². The van der Waals surface area contributed by atoms with Crippen molar-refractivity contribution in [1.82, 2.24) is 4.90 Å². The Morgan fingerprint density at radius 1 is 1.60 bits per heavy atom. The molecule has 0 saturated heterocycles. The molecular formula is C12H21NO2. The molecule has 0 fully saturated rings. The minimum atomic E-state index is -0.150. The number of nitrogens with zero attached hydrogens (tertiary/aromatic N) is 1. The van der Waals surface area contributed by atoms with Gasteiger partial charge >= 0.3 is 5.97 Å². The van der Waals surface area contributed by atoms with Crippen LogP contribution in [0.3, 0.4) is 0 Å². The van der Waals surface area contributed by atoms with E-state index in [-0.39, 0.29) is 5.97 Å². The number of hydrogen-bond acceptors (Lipinski definition) is 3. The molecule has 1 aliphatic carbocycles. The Kier molecular flexibility index (Phi) is 4.82. The van der Waals surface area contributed by atoms with Gasteiger partial charge in [-0.2, -0.15) is 0 Å². The molecule has 86 valence electrons. The van der Waals surface area contributed by atoms with Gasteiger partial charge in [0.1, 0.15) is 0 Å². The molecule has 0 saturated carbocycles. The summed E-state index contributed by atoms with van der Waals surface area (Å²) < 4.78 is 4.72. The van der Waals surface area contributed by atoms with Gasteiger partial charge in [0.05, 0.1) is 13.7 Å². The summed E-state index contributed by atoms with van der Waals surface area (Å²) in [4.78, 5) is 13.5. The van der Waals surface area contributed by atoms with Gasteiger partial charge in [-0.25, -0.2) is 0 Å². The predicted molar refractivity (Wildman–Crippen MR) is 60.6 cm³/mol. The quantitative estimate of drug-likeness (QED) is 0.526. The lowest BCUT2D eigenvalue weighted by molar-refractivity contribution is -0.142. The van der Waals surface area contributed by atoms with Crippen molar-refractivity contribution in [2.24, 2.45) is 0 Å². The number of methoxy groups -OCH3 is 1. The molecule has 3 heteroatoms. The number of carbonyl (C=O) groups is 1. The molecule has 0 amide bonds. The topological polar surface area (TPSA) is 29.5 Å². The van der Waals surface area contributed by atoms with Crippen molar-refractivity contribution in [2.75, 3.05) is 13.7 Å². The van der Waals surface area contributed by atoms with E-state index in [2.05, 4.69) is 30.9 Å². The lowest BCUT2D eigenvalue weighted by Crippen LogP contribution is -2.43. The highest BCUT2D eigenvalue weighted by Gasteiger charge is 2.22. The van der Waals surface area contributed by atoms with Crippen molar-refractivity contribution in [3.05, 3.63) is 12.2 Å². The Bertz CT molecular complexity index is 236. The lowest BCUT2D eigenvalue weighted by Gasteiger charge is -2.33. The van der Waals surface area contributed by atoms with Gasteiger partial charge in [-0.3, -0.25) is 9.69 Å². The Labute approximate surface area is 92.1 Å². The number of carbonyl (C=O) groups excluding carboxylic acids is 1. The van der Waals surface area contributed by atoms with Crippen LogP contribution >= 0.6 is 0 Å². The molecule has 0 spiro atoms. The van der Waals surface area contributed by atoms with Crippen molar-refractivity contribution in [3.8, 4) is 0 Å². The van der Waals surface area contributed by atoms with Gasteiger partial charge in [-0.1, -0.05) is 12.2 Å². The van der Waals surface area contributed by atoms with Crippen molar-refractivity contribution in [2.45, 2.75) is 45.2 Å². The molecular weight excluding hydrogens is 190 g/mol. The number of rotatable bonds is 4. The van der Waals surface area contributed by atoms with Gasteiger partial charge in [0.25, 0.3) is 0 Å². The molecule has 0 heterocycles. The van der Waals surface area contributed by atoms with E-state index in [0.29, 0.717) is 18.6 Å². The van der Waals surface area contributed by atoms with Crippen molar-refractivity contribution >= 4 is 5.97 Å². The highest BCUT2D eigenvalue weighted by Crippen LogP contribution is 2.18. The second kappa shape index (κ2) is 5.91. The molecule has 1 atom stereocenters. The van der Waals surface area contributed by atoms with E-state index in [9.17, 15) is 4.79 Å². The molecule has 1 aliphatic rings. The lowest BCUT2D eigenvalue weighted by atomic mass is 10.0. The highest BCUT2D eigenvalue weighted by molar-refractivity contribution is 5.71. The average Bonchev–Trinajstić information content (AvgIpc) is 2.26. The average molecular weight is 211 g/mol. The summed E-state index contributed by atoms with van der Waals surface area (Å²) in [6, 6.07) is 0.773. The van der Waals surface area contributed by atoms with E-state index in [1.165, 1.54) is 20.0 Å². The second-order valence-electron chi connectivity index (χ2n) is 4.27. The van der Waals surface area contributed by atoms with E-state index in [1.807, 2.05) is 0 Å². The Morgan fingerprint density at radius 3 is 2.80 bits per heavy atom. The molecule has 1 rings (SSSR count). The number of allylic oxidation sites excluding steroid dienone is 1. The zero-order valence-corrected chi connectivity index (χ0v) is 9.90. The third kappa shape index (κ3) is 3.67. The molecule has 0 aromatic rings. The van der Waals surface area contributed by atoms with E-state index in [0.717, 1.165) is 6.42 Å². The molecule has 0 aliphatic heterocycles. The maximum absolute atomic E-state index is 11.3. The summed E-state index contributed by atoms with van der Waals surface area (Å²) in [5, 5.41) is 0. The van der Waals surface area contributed by atoms with E-state index in [1.54, 1.807) is 0 Å². The zero-order chi connectivity index (χ0) is 11.3. The zero-order valence-electron chi connectivity index (χ0n) is 9.90. The van der Waals surface area contributed by atoms with Crippen LogP contribution in [0.5, 0.6) is 0 Å². The summed E-state index contributed by atoms with van der Waals surface area (Å²) in [6.07, 6.45) is 7.95. The second-order valence-corrected chi connectivity index (χ2v) is 4.27. The van der Waals surface area contributed by atoms with Crippen LogP contribution in [0, 0.1) is 0 Å². The van der Waals surface area contributed by atoms with Gasteiger partial charge in [0, 0.05) is 12.1 Å². The van der Waals surface area contributed by atoms with Crippen LogP contribution in [0.15, 0.2) is 12.2 Å². The van der Waals surface area contributed by atoms with Crippen molar-refractivity contribution in [1.29, 1.82) is 0 Å². The third-order valence-corrected chi connectivity index (χ3v) is 2.86. The first-order chi connectivity index (χ1) is 7.15. The van der Waals surface area contributed by atoms with Crippen LogP contribution in [0.1, 0.15) is 33.1 Å². The molecule has 15 heavy (non-hydrogen) atoms. The predicted octanol–water partition coefficient (Wildman–Crippen LogP) is 1.98. The number of esters is 1. The summed E-state index contributed by atoms with van der Waals surface area (Å²) in [5.74, 6) is -0.150. The van der Waals surface area contributed by atoms with Gasteiger partial charge < -0.3 is 4.74 Å². The van der Waals surface area contributed by atoms with Crippen LogP contribution < -0.4 is 0 Å². The Hall–Kier alpha value is -0.830. The number of ether oxygens (including phenoxy) is 1. The number of hydrogen-bond donors (Lipinski definition) is 0. The molecule has 1 unspecified atom stereocenters. The van der Waals surface area contributed by atoms with Crippen LogP contribution in [-0.2, 0) is 9.53 Å². The first-order valence-electron chi connectivity index (χ1n) is 5.64. The molecule has 0 radical (unpaired) electrons. The summed E-state index contributed by atoms with van der Waals surface area (Å²) in [7, 11) is 1.44. The van der Waals surface area contributed by atoms with Gasteiger partial charge in [-0.15, -0.1) is 0 Å². The highest BCUT2D eigenvalue weighted by atomic mass is 16.5. The van der Waals surface area contributed by atoms with Gasteiger partial charge in [-0.05, 0) is 33.1 Å². The maximum atomic E-state index is 11.3. The van der Waals surface area contributed by atoms with E-state index in [4.69, 9.17) is 4.74 Å². The largest absolute Gasteiger partial charge is 0.468 e. The smallest absolute Gasteiger partial charge is 0.319 e. The maximum Gasteiger partial charge on any atom is 0.319 e. The van der Waals surface area contributed by atoms with Crippen molar-refractivity contribution < 1.29 is 9.53 Å². The summed E-state index contributed by atoms with van der Waals surface area (Å²) >= 11 is 0. The first kappa shape index (κ1) is 12.2. The minimum Gasteiger partial charge on any atom is -0.468 e. The van der Waals surface area contributed by atoms with Crippen molar-refractivity contribution in [3.63, 3.8) is 0 Å². The summed E-state index contributed by atoms with van der Waals surface area (Å²) in [6.45, 7) is 4.62. The third-order valence-electron chi connectivity index (χ3n) is 2.86. The van der Waals surface area contributed by atoms with Crippen LogP contribution in [0.2, 0.25) is 0 Å².